The highest BCUT2D eigenvalue weighted by Crippen LogP contribution is 2.20. The number of hydrogen-bond acceptors (Lipinski definition) is 4. The third kappa shape index (κ3) is 8.20. The molecule has 1 amide bonds. The SMILES string of the molecule is CCNC(=NCCc1ccccn1)N1CCC(CN(CC)C(=O)OC(C)(C)C)CC1. The zero-order chi connectivity index (χ0) is 22.0. The Morgan fingerprint density at radius 2 is 2.03 bits per heavy atom. The number of nitrogens with zero attached hydrogens (tertiary/aromatic N) is 4. The second-order valence-electron chi connectivity index (χ2n) is 8.76. The molecule has 168 valence electrons. The fourth-order valence-corrected chi connectivity index (χ4v) is 3.55. The topological polar surface area (TPSA) is 70.1 Å². The van der Waals surface area contributed by atoms with E-state index in [0.29, 0.717) is 12.5 Å². The number of guanidine groups is 1. The maximum absolute atomic E-state index is 12.4. The summed E-state index contributed by atoms with van der Waals surface area (Å²) in [5, 5.41) is 3.42. The van der Waals surface area contributed by atoms with Gasteiger partial charge in [-0.3, -0.25) is 9.98 Å². The molecule has 7 heteroatoms. The van der Waals surface area contributed by atoms with E-state index in [2.05, 4.69) is 22.1 Å². The molecule has 0 aliphatic carbocycles. The van der Waals surface area contributed by atoms with Gasteiger partial charge in [0.25, 0.3) is 0 Å². The van der Waals surface area contributed by atoms with Gasteiger partial charge in [-0.1, -0.05) is 6.07 Å². The monoisotopic (exact) mass is 417 g/mol. The predicted molar refractivity (Wildman–Crippen MR) is 122 cm³/mol. The van der Waals surface area contributed by atoms with Crippen molar-refractivity contribution in [3.63, 3.8) is 0 Å². The van der Waals surface area contributed by atoms with Gasteiger partial charge in [-0.15, -0.1) is 0 Å². The van der Waals surface area contributed by atoms with Crippen LogP contribution in [-0.4, -0.2) is 71.7 Å². The molecule has 0 unspecified atom stereocenters. The van der Waals surface area contributed by atoms with Crippen LogP contribution < -0.4 is 5.32 Å². The van der Waals surface area contributed by atoms with Gasteiger partial charge in [-0.2, -0.15) is 0 Å². The number of amides is 1. The molecular formula is C23H39N5O2. The average Bonchev–Trinajstić information content (AvgIpc) is 2.71. The second-order valence-corrected chi connectivity index (χ2v) is 8.76. The number of carbonyl (C=O) groups is 1. The number of likely N-dealkylation sites (tertiary alicyclic amines) is 1. The van der Waals surface area contributed by atoms with Crippen LogP contribution in [0.25, 0.3) is 0 Å². The Kier molecular flexibility index (Phi) is 9.40. The normalized spacial score (nSPS) is 15.8. The van der Waals surface area contributed by atoms with Crippen molar-refractivity contribution in [1.82, 2.24) is 20.1 Å². The Hall–Kier alpha value is -2.31. The van der Waals surface area contributed by atoms with Crippen molar-refractivity contribution in [2.75, 3.05) is 39.3 Å². The first-order valence-corrected chi connectivity index (χ1v) is 11.2. The van der Waals surface area contributed by atoms with Crippen molar-refractivity contribution in [2.24, 2.45) is 10.9 Å². The molecule has 1 aliphatic heterocycles. The van der Waals surface area contributed by atoms with E-state index in [-0.39, 0.29) is 6.09 Å². The molecule has 1 N–H and O–H groups in total. The van der Waals surface area contributed by atoms with Gasteiger partial charge in [0.2, 0.25) is 0 Å². The van der Waals surface area contributed by atoms with Crippen molar-refractivity contribution >= 4 is 12.1 Å². The summed E-state index contributed by atoms with van der Waals surface area (Å²) < 4.78 is 5.55. The minimum absolute atomic E-state index is 0.211. The lowest BCUT2D eigenvalue weighted by Crippen LogP contribution is -2.48. The number of rotatable bonds is 7. The summed E-state index contributed by atoms with van der Waals surface area (Å²) in [7, 11) is 0. The molecule has 1 saturated heterocycles. The summed E-state index contributed by atoms with van der Waals surface area (Å²) in [5.41, 5.74) is 0.609. The fraction of sp³-hybridized carbons (Fsp3) is 0.696. The van der Waals surface area contributed by atoms with Gasteiger partial charge in [-0.25, -0.2) is 4.79 Å². The third-order valence-electron chi connectivity index (χ3n) is 5.12. The number of piperidine rings is 1. The molecule has 0 spiro atoms. The van der Waals surface area contributed by atoms with Crippen LogP contribution >= 0.6 is 0 Å². The number of hydrogen-bond donors (Lipinski definition) is 1. The molecule has 1 aromatic heterocycles. The minimum Gasteiger partial charge on any atom is -0.444 e. The number of pyridine rings is 1. The van der Waals surface area contributed by atoms with E-state index >= 15 is 0 Å². The Balaban J connectivity index is 1.85. The molecule has 1 aromatic rings. The van der Waals surface area contributed by atoms with Crippen LogP contribution in [0.3, 0.4) is 0 Å². The average molecular weight is 418 g/mol. The van der Waals surface area contributed by atoms with Crippen molar-refractivity contribution in [2.45, 2.75) is 59.5 Å². The molecule has 7 nitrogen and oxygen atoms in total. The minimum atomic E-state index is -0.458. The van der Waals surface area contributed by atoms with Crippen LogP contribution in [0.5, 0.6) is 0 Å². The van der Waals surface area contributed by atoms with Crippen LogP contribution in [0.4, 0.5) is 4.79 Å². The van der Waals surface area contributed by atoms with Gasteiger partial charge in [0, 0.05) is 57.6 Å². The van der Waals surface area contributed by atoms with Gasteiger partial charge in [0.15, 0.2) is 5.96 Å². The first-order chi connectivity index (χ1) is 14.3. The van der Waals surface area contributed by atoms with E-state index in [1.165, 1.54) is 0 Å². The zero-order valence-electron chi connectivity index (χ0n) is 19.4. The summed E-state index contributed by atoms with van der Waals surface area (Å²) >= 11 is 0. The lowest BCUT2D eigenvalue weighted by atomic mass is 9.96. The first-order valence-electron chi connectivity index (χ1n) is 11.2. The van der Waals surface area contributed by atoms with E-state index in [1.54, 1.807) is 0 Å². The maximum Gasteiger partial charge on any atom is 0.410 e. The van der Waals surface area contributed by atoms with Gasteiger partial charge in [-0.05, 0) is 65.5 Å². The molecule has 2 heterocycles. The molecule has 1 fully saturated rings. The molecule has 0 bridgehead atoms. The molecule has 30 heavy (non-hydrogen) atoms. The lowest BCUT2D eigenvalue weighted by Gasteiger charge is -2.36. The smallest absolute Gasteiger partial charge is 0.410 e. The van der Waals surface area contributed by atoms with Crippen molar-refractivity contribution in [3.05, 3.63) is 30.1 Å². The molecule has 0 aromatic carbocycles. The summed E-state index contributed by atoms with van der Waals surface area (Å²) in [6.07, 6.45) is 4.55. The lowest BCUT2D eigenvalue weighted by molar-refractivity contribution is 0.0214. The fourth-order valence-electron chi connectivity index (χ4n) is 3.55. The Morgan fingerprint density at radius 3 is 2.60 bits per heavy atom. The highest BCUT2D eigenvalue weighted by Gasteiger charge is 2.27. The van der Waals surface area contributed by atoms with Crippen LogP contribution in [0, 0.1) is 5.92 Å². The molecule has 2 rings (SSSR count). The van der Waals surface area contributed by atoms with E-state index in [4.69, 9.17) is 9.73 Å². The van der Waals surface area contributed by atoms with Crippen LogP contribution in [0.15, 0.2) is 29.4 Å². The van der Waals surface area contributed by atoms with Crippen LogP contribution in [0.1, 0.15) is 53.2 Å². The molecular weight excluding hydrogens is 378 g/mol. The van der Waals surface area contributed by atoms with Gasteiger partial charge >= 0.3 is 6.09 Å². The molecule has 0 saturated carbocycles. The van der Waals surface area contributed by atoms with Crippen molar-refractivity contribution in [1.29, 1.82) is 0 Å². The quantitative estimate of drug-likeness (QED) is 0.543. The summed E-state index contributed by atoms with van der Waals surface area (Å²) in [5.74, 6) is 1.47. The van der Waals surface area contributed by atoms with Crippen LogP contribution in [0.2, 0.25) is 0 Å². The summed E-state index contributed by atoms with van der Waals surface area (Å²) in [6, 6.07) is 5.99. The number of aliphatic imine (C=N–C) groups is 1. The number of carbonyl (C=O) groups excluding carboxylic acids is 1. The Labute approximate surface area is 181 Å². The molecule has 0 atom stereocenters. The van der Waals surface area contributed by atoms with Gasteiger partial charge in [0.05, 0.1) is 0 Å². The first kappa shape index (κ1) is 24.0. The van der Waals surface area contributed by atoms with Gasteiger partial charge < -0.3 is 19.9 Å². The number of nitrogens with one attached hydrogen (secondary N) is 1. The highest BCUT2D eigenvalue weighted by molar-refractivity contribution is 5.80. The largest absolute Gasteiger partial charge is 0.444 e. The molecule has 0 radical (unpaired) electrons. The van der Waals surface area contributed by atoms with Crippen molar-refractivity contribution in [3.8, 4) is 0 Å². The van der Waals surface area contributed by atoms with E-state index in [9.17, 15) is 4.79 Å². The second kappa shape index (κ2) is 11.8. The third-order valence-corrected chi connectivity index (χ3v) is 5.12. The highest BCUT2D eigenvalue weighted by atomic mass is 16.6. The predicted octanol–water partition coefficient (Wildman–Crippen LogP) is 3.56. The standard InChI is InChI=1S/C23H39N5O2/c1-6-24-21(26-15-11-20-10-8-9-14-25-20)28-16-12-19(13-17-28)18-27(7-2)22(29)30-23(3,4)5/h8-10,14,19H,6-7,11-13,15-18H2,1-5H3,(H,24,26). The summed E-state index contributed by atoms with van der Waals surface area (Å²) in [6.45, 7) is 14.7. The van der Waals surface area contributed by atoms with E-state index < -0.39 is 5.60 Å². The van der Waals surface area contributed by atoms with Gasteiger partial charge in [0.1, 0.15) is 5.60 Å². The van der Waals surface area contributed by atoms with E-state index in [1.807, 2.05) is 57.0 Å². The maximum atomic E-state index is 12.4. The van der Waals surface area contributed by atoms with E-state index in [0.717, 1.165) is 63.6 Å². The Morgan fingerprint density at radius 1 is 1.30 bits per heavy atom. The van der Waals surface area contributed by atoms with Crippen molar-refractivity contribution < 1.29 is 9.53 Å². The number of aromatic nitrogens is 1. The Bertz CT molecular complexity index is 664. The summed E-state index contributed by atoms with van der Waals surface area (Å²) in [4.78, 5) is 25.8. The number of ether oxygens (including phenoxy) is 1. The zero-order valence-corrected chi connectivity index (χ0v) is 19.4. The van der Waals surface area contributed by atoms with Crippen LogP contribution in [-0.2, 0) is 11.2 Å². The molecule has 1 aliphatic rings.